The summed E-state index contributed by atoms with van der Waals surface area (Å²) in [6.45, 7) is 1.89. The van der Waals surface area contributed by atoms with Crippen molar-refractivity contribution < 1.29 is 9.59 Å². The van der Waals surface area contributed by atoms with Crippen molar-refractivity contribution in [2.45, 2.75) is 24.4 Å². The van der Waals surface area contributed by atoms with Gasteiger partial charge in [-0.05, 0) is 30.5 Å². The van der Waals surface area contributed by atoms with Crippen molar-refractivity contribution in [1.82, 2.24) is 9.97 Å². The fourth-order valence-corrected chi connectivity index (χ4v) is 4.69. The van der Waals surface area contributed by atoms with Gasteiger partial charge >= 0.3 is 0 Å². The zero-order chi connectivity index (χ0) is 18.1. The number of fused-ring (bicyclic) bond motifs is 2. The summed E-state index contributed by atoms with van der Waals surface area (Å²) in [6, 6.07) is 9.16. The molecular weight excluding hydrogens is 368 g/mol. The number of nitrogens with zero attached hydrogens (tertiary/aromatic N) is 3. The molecule has 6 nitrogen and oxygen atoms in total. The van der Waals surface area contributed by atoms with Gasteiger partial charge in [-0.3, -0.25) is 9.59 Å². The maximum Gasteiger partial charge on any atom is 0.237 e. The van der Waals surface area contributed by atoms with Gasteiger partial charge in [-0.15, -0.1) is 11.3 Å². The summed E-state index contributed by atoms with van der Waals surface area (Å²) in [5, 5.41) is 6.61. The van der Waals surface area contributed by atoms with Crippen LogP contribution in [-0.2, 0) is 9.59 Å². The normalized spacial score (nSPS) is 16.9. The molecule has 0 saturated heterocycles. The Morgan fingerprint density at radius 2 is 2.19 bits per heavy atom. The maximum absolute atomic E-state index is 13.0. The molecule has 0 saturated carbocycles. The summed E-state index contributed by atoms with van der Waals surface area (Å²) in [4.78, 5) is 36.2. The second-order valence-corrected chi connectivity index (χ2v) is 7.85. The predicted molar refractivity (Wildman–Crippen MR) is 105 cm³/mol. The van der Waals surface area contributed by atoms with Gasteiger partial charge in [-0.2, -0.15) is 0 Å². The number of amides is 2. The number of aromatic nitrogens is 2. The Kier molecular flexibility index (Phi) is 4.60. The lowest BCUT2D eigenvalue weighted by Crippen LogP contribution is -2.40. The number of rotatable bonds is 3. The number of para-hydroxylation sites is 2. The van der Waals surface area contributed by atoms with Gasteiger partial charge in [-0.1, -0.05) is 23.9 Å². The van der Waals surface area contributed by atoms with Crippen LogP contribution < -0.4 is 10.2 Å². The molecule has 0 unspecified atom stereocenters. The van der Waals surface area contributed by atoms with Crippen LogP contribution in [0.2, 0.25) is 0 Å². The van der Waals surface area contributed by atoms with Crippen molar-refractivity contribution in [3.8, 4) is 0 Å². The topological polar surface area (TPSA) is 75.2 Å². The van der Waals surface area contributed by atoms with Gasteiger partial charge in [0.15, 0.2) is 0 Å². The number of thiophene rings is 1. The molecule has 26 heavy (non-hydrogen) atoms. The molecular formula is C18H16N4O2S2. The molecule has 0 bridgehead atoms. The zero-order valence-corrected chi connectivity index (χ0v) is 15.6. The third-order valence-electron chi connectivity index (χ3n) is 4.19. The third kappa shape index (κ3) is 3.17. The van der Waals surface area contributed by atoms with E-state index in [-0.39, 0.29) is 30.0 Å². The first-order valence-electron chi connectivity index (χ1n) is 8.15. The number of anilines is 2. The minimum Gasteiger partial charge on any atom is -0.324 e. The van der Waals surface area contributed by atoms with Crippen LogP contribution in [0.3, 0.4) is 0 Å². The molecule has 0 aliphatic carbocycles. The molecule has 0 spiro atoms. The number of hydrogen-bond donors (Lipinski definition) is 1. The monoisotopic (exact) mass is 384 g/mol. The Morgan fingerprint density at radius 1 is 1.35 bits per heavy atom. The second-order valence-electron chi connectivity index (χ2n) is 5.99. The van der Waals surface area contributed by atoms with Crippen molar-refractivity contribution in [3.05, 3.63) is 42.0 Å². The quantitative estimate of drug-likeness (QED) is 0.552. The van der Waals surface area contributed by atoms with E-state index in [0.29, 0.717) is 5.69 Å². The van der Waals surface area contributed by atoms with Gasteiger partial charge in [0, 0.05) is 17.8 Å². The molecule has 132 valence electrons. The van der Waals surface area contributed by atoms with Crippen LogP contribution in [0.4, 0.5) is 11.4 Å². The average Bonchev–Trinajstić information content (AvgIpc) is 3.06. The van der Waals surface area contributed by atoms with Gasteiger partial charge in [0.25, 0.3) is 0 Å². The van der Waals surface area contributed by atoms with E-state index < -0.39 is 0 Å². The lowest BCUT2D eigenvalue weighted by atomic mass is 10.2. The lowest BCUT2D eigenvalue weighted by Gasteiger charge is -2.27. The second kappa shape index (κ2) is 7.05. The van der Waals surface area contributed by atoms with Gasteiger partial charge in [-0.25, -0.2) is 9.97 Å². The van der Waals surface area contributed by atoms with E-state index in [0.717, 1.165) is 20.9 Å². The first kappa shape index (κ1) is 17.0. The number of nitrogens with one attached hydrogen (secondary N) is 1. The van der Waals surface area contributed by atoms with E-state index in [2.05, 4.69) is 15.3 Å². The molecule has 3 aromatic rings. The minimum atomic E-state index is -0.210. The summed E-state index contributed by atoms with van der Waals surface area (Å²) >= 11 is 2.95. The van der Waals surface area contributed by atoms with Crippen LogP contribution in [0.1, 0.15) is 13.3 Å². The maximum atomic E-state index is 13.0. The molecule has 1 aliphatic heterocycles. The SMILES string of the molecule is C[C@@H]1CC(=O)Nc2ccccc2N1C(=O)CSc1ncnc2sccc12. The van der Waals surface area contributed by atoms with Gasteiger partial charge in [0.1, 0.15) is 16.2 Å². The highest BCUT2D eigenvalue weighted by Crippen LogP contribution is 2.33. The standard InChI is InChI=1S/C18H16N4O2S2/c1-11-8-15(23)21-13-4-2-3-5-14(13)22(11)16(24)9-26-18-12-6-7-25-17(12)19-10-20-18/h2-7,10-11H,8-9H2,1H3,(H,21,23)/t11-/m1/s1. The summed E-state index contributed by atoms with van der Waals surface area (Å²) in [5.74, 6) is 0.117. The number of hydrogen-bond acceptors (Lipinski definition) is 6. The van der Waals surface area contributed by atoms with E-state index in [1.807, 2.05) is 42.6 Å². The van der Waals surface area contributed by atoms with Crippen molar-refractivity contribution in [3.63, 3.8) is 0 Å². The molecule has 0 radical (unpaired) electrons. The smallest absolute Gasteiger partial charge is 0.237 e. The van der Waals surface area contributed by atoms with Crippen molar-refractivity contribution in [1.29, 1.82) is 0 Å². The van der Waals surface area contributed by atoms with Crippen molar-refractivity contribution >= 4 is 56.5 Å². The molecule has 2 aromatic heterocycles. The Morgan fingerprint density at radius 3 is 3.08 bits per heavy atom. The fraction of sp³-hybridized carbons (Fsp3) is 0.222. The number of carbonyl (C=O) groups is 2. The third-order valence-corrected chi connectivity index (χ3v) is 6.00. The van der Waals surface area contributed by atoms with Gasteiger partial charge in [0.2, 0.25) is 11.8 Å². The van der Waals surface area contributed by atoms with E-state index in [1.54, 1.807) is 16.2 Å². The minimum absolute atomic E-state index is 0.0477. The van der Waals surface area contributed by atoms with Crippen LogP contribution in [0.5, 0.6) is 0 Å². The number of benzene rings is 1. The Balaban J connectivity index is 1.59. The van der Waals surface area contributed by atoms with E-state index in [9.17, 15) is 9.59 Å². The first-order valence-corrected chi connectivity index (χ1v) is 10.0. The van der Waals surface area contributed by atoms with Gasteiger partial charge in [0.05, 0.1) is 17.1 Å². The van der Waals surface area contributed by atoms with Crippen LogP contribution in [0.15, 0.2) is 47.1 Å². The van der Waals surface area contributed by atoms with Crippen LogP contribution >= 0.6 is 23.1 Å². The Labute approximate surface area is 158 Å². The fourth-order valence-electron chi connectivity index (χ4n) is 3.05. The molecule has 0 fully saturated rings. The lowest BCUT2D eigenvalue weighted by molar-refractivity contribution is -0.117. The molecule has 1 atom stereocenters. The summed E-state index contributed by atoms with van der Waals surface area (Å²) in [6.07, 6.45) is 1.80. The summed E-state index contributed by atoms with van der Waals surface area (Å²) in [7, 11) is 0. The highest BCUT2D eigenvalue weighted by Gasteiger charge is 2.29. The highest BCUT2D eigenvalue weighted by molar-refractivity contribution is 8.00. The zero-order valence-electron chi connectivity index (χ0n) is 14.0. The van der Waals surface area contributed by atoms with Gasteiger partial charge < -0.3 is 10.2 Å². The predicted octanol–water partition coefficient (Wildman–Crippen LogP) is 3.55. The van der Waals surface area contributed by atoms with Crippen molar-refractivity contribution in [2.24, 2.45) is 0 Å². The van der Waals surface area contributed by atoms with E-state index in [1.165, 1.54) is 18.1 Å². The Hall–Kier alpha value is -2.45. The largest absolute Gasteiger partial charge is 0.324 e. The summed E-state index contributed by atoms with van der Waals surface area (Å²) in [5.41, 5.74) is 1.40. The van der Waals surface area contributed by atoms with Crippen LogP contribution in [0, 0.1) is 0 Å². The van der Waals surface area contributed by atoms with E-state index >= 15 is 0 Å². The van der Waals surface area contributed by atoms with Crippen LogP contribution in [0.25, 0.3) is 10.2 Å². The first-order chi connectivity index (χ1) is 12.6. The Bertz CT molecular complexity index is 988. The molecule has 1 aromatic carbocycles. The molecule has 1 aliphatic rings. The van der Waals surface area contributed by atoms with Crippen molar-refractivity contribution in [2.75, 3.05) is 16.0 Å². The molecule has 4 rings (SSSR count). The molecule has 8 heteroatoms. The molecule has 3 heterocycles. The highest BCUT2D eigenvalue weighted by atomic mass is 32.2. The molecule has 1 N–H and O–H groups in total. The average molecular weight is 384 g/mol. The van der Waals surface area contributed by atoms with Crippen LogP contribution in [-0.4, -0.2) is 33.6 Å². The number of thioether (sulfide) groups is 1. The summed E-state index contributed by atoms with van der Waals surface area (Å²) < 4.78 is 0. The van der Waals surface area contributed by atoms with E-state index in [4.69, 9.17) is 0 Å². The molecule has 2 amide bonds. The number of carbonyl (C=O) groups excluding carboxylic acids is 2.